The van der Waals surface area contributed by atoms with Crippen LogP contribution in [-0.4, -0.2) is 27.7 Å². The van der Waals surface area contributed by atoms with Crippen molar-refractivity contribution in [1.82, 2.24) is 15.1 Å². The highest BCUT2D eigenvalue weighted by molar-refractivity contribution is 5.19. The normalized spacial score (nSPS) is 18.2. The number of hydrogen-bond donors (Lipinski definition) is 1. The Morgan fingerprint density at radius 1 is 1.67 bits per heavy atom. The van der Waals surface area contributed by atoms with Crippen LogP contribution in [0, 0.1) is 0 Å². The molecule has 3 nitrogen and oxygen atoms in total. The molecule has 0 atom stereocenters. The quantitative estimate of drug-likeness (QED) is 0.686. The van der Waals surface area contributed by atoms with Crippen LogP contribution in [0.5, 0.6) is 0 Å². The molecule has 0 unspecified atom stereocenters. The van der Waals surface area contributed by atoms with E-state index in [4.69, 9.17) is 0 Å². The van der Waals surface area contributed by atoms with Crippen molar-refractivity contribution in [1.29, 1.82) is 0 Å². The summed E-state index contributed by atoms with van der Waals surface area (Å²) in [7, 11) is 0. The van der Waals surface area contributed by atoms with Gasteiger partial charge in [-0.25, -0.2) is 0 Å². The molecule has 1 aliphatic heterocycles. The van der Waals surface area contributed by atoms with Crippen molar-refractivity contribution in [3.8, 4) is 0 Å². The SMILES string of the molecule is CC(C)N1CCc2cn[nH]c2C1.[HH]. The summed E-state index contributed by atoms with van der Waals surface area (Å²) in [5.41, 5.74) is 2.70. The molecule has 12 heavy (non-hydrogen) atoms. The zero-order valence-electron chi connectivity index (χ0n) is 7.67. The number of aromatic amines is 1. The van der Waals surface area contributed by atoms with E-state index >= 15 is 0 Å². The number of aromatic nitrogens is 2. The van der Waals surface area contributed by atoms with Gasteiger partial charge in [0.2, 0.25) is 0 Å². The second-order valence-electron chi connectivity index (χ2n) is 3.69. The minimum absolute atomic E-state index is 0. The zero-order valence-corrected chi connectivity index (χ0v) is 7.67. The van der Waals surface area contributed by atoms with E-state index < -0.39 is 0 Å². The minimum Gasteiger partial charge on any atom is -0.295 e. The number of H-pyrrole nitrogens is 1. The van der Waals surface area contributed by atoms with Crippen LogP contribution in [0.4, 0.5) is 0 Å². The molecule has 0 fully saturated rings. The summed E-state index contributed by atoms with van der Waals surface area (Å²) in [5, 5.41) is 7.10. The average Bonchev–Trinajstić information content (AvgIpc) is 2.49. The first-order valence-corrected chi connectivity index (χ1v) is 4.52. The van der Waals surface area contributed by atoms with E-state index in [1.807, 2.05) is 6.20 Å². The van der Waals surface area contributed by atoms with E-state index in [0.29, 0.717) is 6.04 Å². The summed E-state index contributed by atoms with van der Waals surface area (Å²) in [6, 6.07) is 0.640. The molecule has 0 saturated heterocycles. The zero-order chi connectivity index (χ0) is 8.55. The van der Waals surface area contributed by atoms with Crippen LogP contribution in [0.3, 0.4) is 0 Å². The Bertz CT molecular complexity index is 270. The van der Waals surface area contributed by atoms with Gasteiger partial charge in [0.25, 0.3) is 0 Å². The van der Waals surface area contributed by atoms with Crippen LogP contribution >= 0.6 is 0 Å². The van der Waals surface area contributed by atoms with Gasteiger partial charge in [0.15, 0.2) is 0 Å². The lowest BCUT2D eigenvalue weighted by Gasteiger charge is -2.29. The highest BCUT2D eigenvalue weighted by Gasteiger charge is 2.18. The van der Waals surface area contributed by atoms with Crippen molar-refractivity contribution in [3.63, 3.8) is 0 Å². The van der Waals surface area contributed by atoms with Crippen LogP contribution in [0.25, 0.3) is 0 Å². The van der Waals surface area contributed by atoms with Crippen LogP contribution in [0.2, 0.25) is 0 Å². The summed E-state index contributed by atoms with van der Waals surface area (Å²) in [4.78, 5) is 2.46. The van der Waals surface area contributed by atoms with Crippen molar-refractivity contribution in [3.05, 3.63) is 17.5 Å². The third-order valence-corrected chi connectivity index (χ3v) is 2.57. The number of hydrogen-bond acceptors (Lipinski definition) is 2. The highest BCUT2D eigenvalue weighted by Crippen LogP contribution is 2.17. The molecule has 0 bridgehead atoms. The Balaban J connectivity index is 0.000000845. The number of rotatable bonds is 1. The van der Waals surface area contributed by atoms with Gasteiger partial charge in [-0.3, -0.25) is 10.00 Å². The Morgan fingerprint density at radius 3 is 3.25 bits per heavy atom. The molecule has 1 aromatic rings. The molecule has 2 heterocycles. The largest absolute Gasteiger partial charge is 0.295 e. The molecule has 1 aliphatic rings. The molecular weight excluding hydrogens is 150 g/mol. The van der Waals surface area contributed by atoms with Crippen molar-refractivity contribution in [2.75, 3.05) is 6.54 Å². The number of nitrogens with one attached hydrogen (secondary N) is 1. The van der Waals surface area contributed by atoms with Gasteiger partial charge in [0.1, 0.15) is 0 Å². The Kier molecular flexibility index (Phi) is 1.89. The maximum Gasteiger partial charge on any atom is 0.0524 e. The number of fused-ring (bicyclic) bond motifs is 1. The van der Waals surface area contributed by atoms with E-state index in [9.17, 15) is 0 Å². The summed E-state index contributed by atoms with van der Waals surface area (Å²) in [6.45, 7) is 6.68. The first kappa shape index (κ1) is 7.80. The van der Waals surface area contributed by atoms with Gasteiger partial charge in [0.05, 0.1) is 11.9 Å². The maximum atomic E-state index is 4.05. The third-order valence-electron chi connectivity index (χ3n) is 2.57. The Morgan fingerprint density at radius 2 is 2.50 bits per heavy atom. The fourth-order valence-corrected chi connectivity index (χ4v) is 1.68. The lowest BCUT2D eigenvalue weighted by atomic mass is 10.1. The predicted octanol–water partition coefficient (Wildman–Crippen LogP) is 1.42. The van der Waals surface area contributed by atoms with E-state index in [1.54, 1.807) is 0 Å². The highest BCUT2D eigenvalue weighted by atomic mass is 15.2. The summed E-state index contributed by atoms with van der Waals surface area (Å²) < 4.78 is 0. The third kappa shape index (κ3) is 1.25. The molecular formula is C9H17N3. The summed E-state index contributed by atoms with van der Waals surface area (Å²) >= 11 is 0. The van der Waals surface area contributed by atoms with E-state index in [-0.39, 0.29) is 1.43 Å². The lowest BCUT2D eigenvalue weighted by Crippen LogP contribution is -2.35. The van der Waals surface area contributed by atoms with Gasteiger partial charge >= 0.3 is 0 Å². The fourth-order valence-electron chi connectivity index (χ4n) is 1.68. The number of nitrogens with zero attached hydrogens (tertiary/aromatic N) is 2. The van der Waals surface area contributed by atoms with Crippen molar-refractivity contribution >= 4 is 0 Å². The topological polar surface area (TPSA) is 31.9 Å². The first-order valence-electron chi connectivity index (χ1n) is 4.52. The minimum atomic E-state index is 0. The van der Waals surface area contributed by atoms with E-state index in [1.165, 1.54) is 17.8 Å². The molecule has 0 aliphatic carbocycles. The molecule has 0 spiro atoms. The molecule has 2 rings (SSSR count). The fraction of sp³-hybridized carbons (Fsp3) is 0.667. The first-order chi connectivity index (χ1) is 5.77. The lowest BCUT2D eigenvalue weighted by molar-refractivity contribution is 0.201. The van der Waals surface area contributed by atoms with Gasteiger partial charge in [-0.2, -0.15) is 5.10 Å². The van der Waals surface area contributed by atoms with Crippen LogP contribution in [0.1, 0.15) is 26.5 Å². The standard InChI is InChI=1S/C9H15N3.H2/c1-7(2)12-4-3-8-5-10-11-9(8)6-12;/h5,7H,3-4,6H2,1-2H3,(H,10,11);1H. The second-order valence-corrected chi connectivity index (χ2v) is 3.69. The molecule has 1 aromatic heterocycles. The van der Waals surface area contributed by atoms with Crippen molar-refractivity contribution < 1.29 is 1.43 Å². The van der Waals surface area contributed by atoms with Gasteiger partial charge < -0.3 is 0 Å². The molecule has 0 saturated carbocycles. The average molecular weight is 167 g/mol. The van der Waals surface area contributed by atoms with Crippen LogP contribution in [-0.2, 0) is 13.0 Å². The molecule has 1 N–H and O–H groups in total. The second kappa shape index (κ2) is 2.90. The van der Waals surface area contributed by atoms with Gasteiger partial charge in [0, 0.05) is 20.6 Å². The van der Waals surface area contributed by atoms with Gasteiger partial charge in [-0.1, -0.05) is 0 Å². The van der Waals surface area contributed by atoms with Gasteiger partial charge in [-0.05, 0) is 25.8 Å². The van der Waals surface area contributed by atoms with E-state index in [0.717, 1.165) is 13.0 Å². The molecule has 3 heteroatoms. The van der Waals surface area contributed by atoms with Crippen molar-refractivity contribution in [2.45, 2.75) is 32.9 Å². The predicted molar refractivity (Wildman–Crippen MR) is 50.0 cm³/mol. The van der Waals surface area contributed by atoms with Gasteiger partial charge in [-0.15, -0.1) is 0 Å². The van der Waals surface area contributed by atoms with Crippen LogP contribution in [0.15, 0.2) is 6.20 Å². The summed E-state index contributed by atoms with van der Waals surface area (Å²) in [6.07, 6.45) is 3.09. The monoisotopic (exact) mass is 167 g/mol. The molecule has 0 radical (unpaired) electrons. The Hall–Kier alpha value is -0.830. The van der Waals surface area contributed by atoms with E-state index in [2.05, 4.69) is 28.9 Å². The molecule has 0 amide bonds. The molecule has 0 aromatic carbocycles. The van der Waals surface area contributed by atoms with Crippen LogP contribution < -0.4 is 0 Å². The summed E-state index contributed by atoms with van der Waals surface area (Å²) in [5.74, 6) is 0. The van der Waals surface area contributed by atoms with Crippen molar-refractivity contribution in [2.24, 2.45) is 0 Å². The maximum absolute atomic E-state index is 4.05. The molecule has 68 valence electrons. The Labute approximate surface area is 74.3 Å². The smallest absolute Gasteiger partial charge is 0.0524 e.